The summed E-state index contributed by atoms with van der Waals surface area (Å²) in [5, 5.41) is 2.34. The minimum absolute atomic E-state index is 0.0312. The number of nitrogens with zero attached hydrogens (tertiary/aromatic N) is 1. The van der Waals surface area contributed by atoms with Crippen LogP contribution in [0.2, 0.25) is 0 Å². The second-order valence-electron chi connectivity index (χ2n) is 6.91. The Morgan fingerprint density at radius 3 is 2.50 bits per heavy atom. The van der Waals surface area contributed by atoms with Gasteiger partial charge in [0.15, 0.2) is 6.04 Å². The highest BCUT2D eigenvalue weighted by Crippen LogP contribution is 2.44. The summed E-state index contributed by atoms with van der Waals surface area (Å²) >= 11 is 0. The smallest absolute Gasteiger partial charge is 0.287 e. The van der Waals surface area contributed by atoms with Crippen LogP contribution in [-0.2, 0) is 4.79 Å². The highest BCUT2D eigenvalue weighted by atomic mass is 19.4. The zero-order valence-electron chi connectivity index (χ0n) is 13.7. The highest BCUT2D eigenvalue weighted by Gasteiger charge is 2.53. The molecular formula is C18H19F3N2O. The van der Waals surface area contributed by atoms with Crippen molar-refractivity contribution < 1.29 is 18.0 Å². The van der Waals surface area contributed by atoms with Crippen molar-refractivity contribution in [3.05, 3.63) is 47.5 Å². The molecule has 1 unspecified atom stereocenters. The largest absolute Gasteiger partial charge is 0.409 e. The molecule has 0 aliphatic carbocycles. The average Bonchev–Trinajstić information content (AvgIpc) is 2.70. The minimum atomic E-state index is -4.52. The van der Waals surface area contributed by atoms with Crippen molar-refractivity contribution in [2.45, 2.75) is 44.9 Å². The van der Waals surface area contributed by atoms with Crippen molar-refractivity contribution in [3.63, 3.8) is 0 Å². The third-order valence-electron chi connectivity index (χ3n) is 4.42. The number of nitrogens with one attached hydrogen (secondary N) is 1. The van der Waals surface area contributed by atoms with Crippen LogP contribution in [0.3, 0.4) is 0 Å². The highest BCUT2D eigenvalue weighted by molar-refractivity contribution is 5.87. The summed E-state index contributed by atoms with van der Waals surface area (Å²) in [5.74, 6) is -0.398. The van der Waals surface area contributed by atoms with Crippen molar-refractivity contribution in [1.29, 1.82) is 0 Å². The molecule has 3 nitrogen and oxygen atoms in total. The number of fused-ring (bicyclic) bond motifs is 1. The minimum Gasteiger partial charge on any atom is -0.287 e. The van der Waals surface area contributed by atoms with Gasteiger partial charge < -0.3 is 0 Å². The van der Waals surface area contributed by atoms with E-state index < -0.39 is 23.7 Å². The zero-order valence-corrected chi connectivity index (χ0v) is 13.7. The van der Waals surface area contributed by atoms with E-state index >= 15 is 0 Å². The van der Waals surface area contributed by atoms with Crippen molar-refractivity contribution in [2.24, 2.45) is 0 Å². The molecule has 128 valence electrons. The van der Waals surface area contributed by atoms with Gasteiger partial charge in [-0.1, -0.05) is 42.0 Å². The van der Waals surface area contributed by atoms with Crippen LogP contribution in [0.15, 0.2) is 36.4 Å². The standard InChI is InChI=1S/C18H19F3N2O/c1-11-7-8-13-12(9-11)5-4-6-14(13)16(18(19,20)21)23-17(2,3)10-15(24)22-23/h4-9,16H,10H2,1-3H3,(H,22,24). The van der Waals surface area contributed by atoms with Crippen LogP contribution in [0.25, 0.3) is 10.8 Å². The molecule has 2 aromatic carbocycles. The zero-order chi connectivity index (χ0) is 17.7. The number of hydrazine groups is 1. The van der Waals surface area contributed by atoms with Gasteiger partial charge in [0.25, 0.3) is 0 Å². The second-order valence-corrected chi connectivity index (χ2v) is 6.91. The first-order chi connectivity index (χ1) is 11.1. The van der Waals surface area contributed by atoms with E-state index in [1.54, 1.807) is 38.1 Å². The van der Waals surface area contributed by atoms with E-state index in [-0.39, 0.29) is 12.0 Å². The molecule has 1 N–H and O–H groups in total. The lowest BCUT2D eigenvalue weighted by molar-refractivity contribution is -0.203. The van der Waals surface area contributed by atoms with Crippen LogP contribution >= 0.6 is 0 Å². The quantitative estimate of drug-likeness (QED) is 0.888. The fourth-order valence-corrected chi connectivity index (χ4v) is 3.35. The lowest BCUT2D eigenvalue weighted by Crippen LogP contribution is -2.51. The number of carbonyl (C=O) groups is 1. The van der Waals surface area contributed by atoms with Crippen molar-refractivity contribution >= 4 is 16.7 Å². The Morgan fingerprint density at radius 2 is 1.92 bits per heavy atom. The average molecular weight is 336 g/mol. The maximum Gasteiger partial charge on any atom is 0.409 e. The Hall–Kier alpha value is -2.08. The van der Waals surface area contributed by atoms with E-state index in [1.807, 2.05) is 13.0 Å². The fourth-order valence-electron chi connectivity index (χ4n) is 3.35. The molecule has 2 aromatic rings. The third-order valence-corrected chi connectivity index (χ3v) is 4.42. The normalized spacial score (nSPS) is 19.5. The lowest BCUT2D eigenvalue weighted by Gasteiger charge is -2.38. The Balaban J connectivity index is 2.20. The van der Waals surface area contributed by atoms with Crippen LogP contribution in [0.1, 0.15) is 37.4 Å². The van der Waals surface area contributed by atoms with Crippen LogP contribution in [-0.4, -0.2) is 22.6 Å². The molecule has 0 radical (unpaired) electrons. The first kappa shape index (κ1) is 16.8. The maximum atomic E-state index is 13.9. The van der Waals surface area contributed by atoms with Crippen molar-refractivity contribution in [2.75, 3.05) is 0 Å². The number of hydrogen-bond acceptors (Lipinski definition) is 2. The predicted octanol–water partition coefficient (Wildman–Crippen LogP) is 4.27. The summed E-state index contributed by atoms with van der Waals surface area (Å²) in [4.78, 5) is 11.7. The molecule has 1 heterocycles. The van der Waals surface area contributed by atoms with Crippen LogP contribution in [0.4, 0.5) is 13.2 Å². The van der Waals surface area contributed by atoms with Gasteiger partial charge in [-0.2, -0.15) is 18.2 Å². The van der Waals surface area contributed by atoms with Crippen LogP contribution in [0.5, 0.6) is 0 Å². The monoisotopic (exact) mass is 336 g/mol. The van der Waals surface area contributed by atoms with Gasteiger partial charge >= 0.3 is 6.18 Å². The summed E-state index contributed by atoms with van der Waals surface area (Å²) < 4.78 is 41.8. The summed E-state index contributed by atoms with van der Waals surface area (Å²) in [6.45, 7) is 5.18. The molecular weight excluding hydrogens is 317 g/mol. The van der Waals surface area contributed by atoms with Crippen LogP contribution in [0, 0.1) is 6.92 Å². The van der Waals surface area contributed by atoms with Gasteiger partial charge in [0, 0.05) is 12.0 Å². The first-order valence-corrected chi connectivity index (χ1v) is 7.74. The number of halogens is 3. The van der Waals surface area contributed by atoms with E-state index in [0.29, 0.717) is 5.39 Å². The molecule has 0 bridgehead atoms. The van der Waals surface area contributed by atoms with E-state index in [2.05, 4.69) is 5.43 Å². The van der Waals surface area contributed by atoms with Crippen LogP contribution < -0.4 is 5.43 Å². The SMILES string of the molecule is Cc1ccc2c(C(N3NC(=O)CC3(C)C)C(F)(F)F)cccc2c1. The number of amides is 1. The van der Waals surface area contributed by atoms with E-state index in [0.717, 1.165) is 16.0 Å². The predicted molar refractivity (Wildman–Crippen MR) is 86.2 cm³/mol. The number of aryl methyl sites for hydroxylation is 1. The van der Waals surface area contributed by atoms with Crippen molar-refractivity contribution in [1.82, 2.24) is 10.4 Å². The summed E-state index contributed by atoms with van der Waals surface area (Å²) in [7, 11) is 0. The van der Waals surface area contributed by atoms with Gasteiger partial charge in [0.2, 0.25) is 5.91 Å². The molecule has 1 saturated heterocycles. The molecule has 24 heavy (non-hydrogen) atoms. The third kappa shape index (κ3) is 2.86. The fraction of sp³-hybridized carbons (Fsp3) is 0.389. The molecule has 1 aliphatic rings. The molecule has 1 atom stereocenters. The molecule has 1 aliphatic heterocycles. The van der Waals surface area contributed by atoms with Gasteiger partial charge in [-0.15, -0.1) is 0 Å². The summed E-state index contributed by atoms with van der Waals surface area (Å²) in [5.41, 5.74) is 2.61. The number of carbonyl (C=O) groups excluding carboxylic acids is 1. The molecule has 1 amide bonds. The molecule has 0 aromatic heterocycles. The van der Waals surface area contributed by atoms with E-state index in [4.69, 9.17) is 0 Å². The molecule has 3 rings (SSSR count). The Labute approximate surface area is 138 Å². The number of rotatable bonds is 2. The topological polar surface area (TPSA) is 32.3 Å². The van der Waals surface area contributed by atoms with Gasteiger partial charge in [-0.05, 0) is 37.1 Å². The first-order valence-electron chi connectivity index (χ1n) is 7.74. The molecule has 6 heteroatoms. The van der Waals surface area contributed by atoms with E-state index in [1.165, 1.54) is 6.07 Å². The Kier molecular flexibility index (Phi) is 3.83. The summed E-state index contributed by atoms with van der Waals surface area (Å²) in [6, 6.07) is 8.38. The second kappa shape index (κ2) is 5.48. The Bertz CT molecular complexity index is 798. The van der Waals surface area contributed by atoms with Crippen molar-refractivity contribution in [3.8, 4) is 0 Å². The molecule has 1 fully saturated rings. The van der Waals surface area contributed by atoms with Gasteiger partial charge in [0.05, 0.1) is 0 Å². The number of hydrogen-bond donors (Lipinski definition) is 1. The molecule has 0 spiro atoms. The summed E-state index contributed by atoms with van der Waals surface area (Å²) in [6.07, 6.45) is -4.49. The Morgan fingerprint density at radius 1 is 1.21 bits per heavy atom. The van der Waals surface area contributed by atoms with Gasteiger partial charge in [-0.3, -0.25) is 10.2 Å². The maximum absolute atomic E-state index is 13.9. The van der Waals surface area contributed by atoms with E-state index in [9.17, 15) is 18.0 Å². The van der Waals surface area contributed by atoms with Gasteiger partial charge in [0.1, 0.15) is 0 Å². The molecule has 0 saturated carbocycles. The number of benzene rings is 2. The number of alkyl halides is 3. The van der Waals surface area contributed by atoms with Gasteiger partial charge in [-0.25, -0.2) is 0 Å². The lowest BCUT2D eigenvalue weighted by atomic mass is 9.93.